The molecule has 1 atom stereocenters. The summed E-state index contributed by atoms with van der Waals surface area (Å²) in [7, 11) is 0. The minimum Gasteiger partial charge on any atom is -0.366 e. The summed E-state index contributed by atoms with van der Waals surface area (Å²) < 4.78 is 1.82. The number of aryl methyl sites for hydroxylation is 1. The number of carbonyl (C=O) groups is 3. The molecule has 32 heavy (non-hydrogen) atoms. The van der Waals surface area contributed by atoms with E-state index in [1.807, 2.05) is 53.8 Å². The number of anilines is 1. The summed E-state index contributed by atoms with van der Waals surface area (Å²) in [5.74, 6) is -1.09. The Hall–Kier alpha value is -3.50. The number of nitrogens with zero attached hydrogens (tertiary/aromatic N) is 3. The van der Waals surface area contributed by atoms with Crippen LogP contribution >= 0.6 is 11.3 Å². The maximum Gasteiger partial charge on any atom is 0.251 e. The number of aromatic nitrogens is 2. The third-order valence-corrected chi connectivity index (χ3v) is 6.29. The molecule has 0 spiro atoms. The molecule has 1 fully saturated rings. The van der Waals surface area contributed by atoms with Crippen molar-refractivity contribution in [1.82, 2.24) is 20.0 Å². The van der Waals surface area contributed by atoms with Gasteiger partial charge < -0.3 is 16.4 Å². The van der Waals surface area contributed by atoms with Crippen LogP contribution in [0.1, 0.15) is 33.4 Å². The number of nitrogens with two attached hydrogens (primary N) is 1. The lowest BCUT2D eigenvalue weighted by Gasteiger charge is -2.34. The predicted octanol–water partition coefficient (Wildman–Crippen LogP) is 1.76. The molecule has 3 heterocycles. The number of hydrogen-bond donors (Lipinski definition) is 3. The van der Waals surface area contributed by atoms with Gasteiger partial charge in [-0.05, 0) is 37.4 Å². The Morgan fingerprint density at radius 3 is 2.72 bits per heavy atom. The predicted molar refractivity (Wildman–Crippen MR) is 122 cm³/mol. The third-order valence-electron chi connectivity index (χ3n) is 5.46. The molecule has 0 unspecified atom stereocenters. The molecule has 0 saturated carbocycles. The monoisotopic (exact) mass is 452 g/mol. The Bertz CT molecular complexity index is 1170. The van der Waals surface area contributed by atoms with Crippen molar-refractivity contribution < 1.29 is 14.4 Å². The lowest BCUT2D eigenvalue weighted by molar-refractivity contribution is -0.130. The highest BCUT2D eigenvalue weighted by Crippen LogP contribution is 2.30. The van der Waals surface area contributed by atoms with Crippen LogP contribution in [0.15, 0.2) is 41.8 Å². The fourth-order valence-electron chi connectivity index (χ4n) is 4.02. The van der Waals surface area contributed by atoms with Crippen molar-refractivity contribution in [2.24, 2.45) is 5.73 Å². The van der Waals surface area contributed by atoms with E-state index in [0.29, 0.717) is 18.1 Å². The van der Waals surface area contributed by atoms with Gasteiger partial charge >= 0.3 is 0 Å². The lowest BCUT2D eigenvalue weighted by Crippen LogP contribution is -2.52. The Kier molecular flexibility index (Phi) is 6.06. The molecule has 1 saturated heterocycles. The fourth-order valence-corrected chi connectivity index (χ4v) is 4.83. The maximum absolute atomic E-state index is 12.9. The number of amides is 3. The first kappa shape index (κ1) is 21.7. The van der Waals surface area contributed by atoms with Gasteiger partial charge in [-0.25, -0.2) is 4.68 Å². The summed E-state index contributed by atoms with van der Waals surface area (Å²) in [6, 6.07) is 10.6. The standard InChI is InChI=1S/C22H24N6O3S/c1-13-18(14(2)28(26-13)15-6-4-3-5-7-15)19-21(31)24-9-10-27(19)12-17(29)25-22-16(20(23)30)8-11-32-22/h3-8,11,19H,9-10,12H2,1-2H3,(H2,23,30)(H,24,31)(H,25,29)/t19-/m0/s1. The van der Waals surface area contributed by atoms with E-state index in [2.05, 4.69) is 15.7 Å². The van der Waals surface area contributed by atoms with Gasteiger partial charge in [-0.15, -0.1) is 11.3 Å². The van der Waals surface area contributed by atoms with E-state index in [9.17, 15) is 14.4 Å². The van der Waals surface area contributed by atoms with Crippen LogP contribution in [-0.4, -0.2) is 52.0 Å². The Morgan fingerprint density at radius 2 is 2.00 bits per heavy atom. The molecule has 10 heteroatoms. The number of carbonyl (C=O) groups excluding carboxylic acids is 3. The fraction of sp³-hybridized carbons (Fsp3) is 0.273. The van der Waals surface area contributed by atoms with Crippen molar-refractivity contribution in [3.63, 3.8) is 0 Å². The van der Waals surface area contributed by atoms with Crippen LogP contribution in [-0.2, 0) is 9.59 Å². The average molecular weight is 453 g/mol. The second-order valence-corrected chi connectivity index (χ2v) is 8.49. The molecule has 0 radical (unpaired) electrons. The number of piperazine rings is 1. The number of para-hydroxylation sites is 1. The molecule has 3 aromatic rings. The molecular formula is C22H24N6O3S. The first-order chi connectivity index (χ1) is 15.4. The van der Waals surface area contributed by atoms with Gasteiger partial charge in [0, 0.05) is 24.3 Å². The normalized spacial score (nSPS) is 16.6. The van der Waals surface area contributed by atoms with Crippen LogP contribution in [0.4, 0.5) is 5.00 Å². The van der Waals surface area contributed by atoms with Gasteiger partial charge in [0.2, 0.25) is 11.8 Å². The number of thiophene rings is 1. The quantitative estimate of drug-likeness (QED) is 0.526. The van der Waals surface area contributed by atoms with E-state index in [-0.39, 0.29) is 23.9 Å². The van der Waals surface area contributed by atoms with Gasteiger partial charge in [0.05, 0.1) is 23.5 Å². The molecule has 1 aliphatic rings. The molecule has 4 N–H and O–H groups in total. The molecule has 2 aromatic heterocycles. The van der Waals surface area contributed by atoms with Crippen molar-refractivity contribution in [2.75, 3.05) is 25.0 Å². The van der Waals surface area contributed by atoms with Crippen LogP contribution in [0.25, 0.3) is 5.69 Å². The highest BCUT2D eigenvalue weighted by atomic mass is 32.1. The minimum absolute atomic E-state index is 0.0103. The van der Waals surface area contributed by atoms with E-state index in [0.717, 1.165) is 22.6 Å². The van der Waals surface area contributed by atoms with Crippen LogP contribution in [0.2, 0.25) is 0 Å². The van der Waals surface area contributed by atoms with E-state index >= 15 is 0 Å². The SMILES string of the molecule is Cc1nn(-c2ccccc2)c(C)c1[C@H]1C(=O)NCCN1CC(=O)Nc1sccc1C(N)=O. The zero-order valence-electron chi connectivity index (χ0n) is 17.8. The Morgan fingerprint density at radius 1 is 1.25 bits per heavy atom. The van der Waals surface area contributed by atoms with E-state index in [1.165, 1.54) is 11.3 Å². The van der Waals surface area contributed by atoms with Gasteiger partial charge in [-0.3, -0.25) is 19.3 Å². The summed E-state index contributed by atoms with van der Waals surface area (Å²) in [4.78, 5) is 39.1. The highest BCUT2D eigenvalue weighted by Gasteiger charge is 2.36. The molecule has 3 amide bonds. The van der Waals surface area contributed by atoms with Crippen molar-refractivity contribution in [3.8, 4) is 5.69 Å². The van der Waals surface area contributed by atoms with Gasteiger partial charge in [-0.2, -0.15) is 5.10 Å². The van der Waals surface area contributed by atoms with Crippen molar-refractivity contribution in [2.45, 2.75) is 19.9 Å². The lowest BCUT2D eigenvalue weighted by atomic mass is 10.00. The first-order valence-electron chi connectivity index (χ1n) is 10.2. The second kappa shape index (κ2) is 8.93. The van der Waals surface area contributed by atoms with E-state index in [1.54, 1.807) is 11.4 Å². The summed E-state index contributed by atoms with van der Waals surface area (Å²) in [6.07, 6.45) is 0. The maximum atomic E-state index is 12.9. The van der Waals surface area contributed by atoms with E-state index in [4.69, 9.17) is 5.73 Å². The topological polar surface area (TPSA) is 122 Å². The van der Waals surface area contributed by atoms with Crippen molar-refractivity contribution in [1.29, 1.82) is 0 Å². The summed E-state index contributed by atoms with van der Waals surface area (Å²) in [5.41, 5.74) is 8.89. The molecule has 1 aromatic carbocycles. The Labute approximate surface area is 189 Å². The summed E-state index contributed by atoms with van der Waals surface area (Å²) >= 11 is 1.23. The zero-order chi connectivity index (χ0) is 22.8. The summed E-state index contributed by atoms with van der Waals surface area (Å²) in [6.45, 7) is 4.73. The number of benzene rings is 1. The zero-order valence-corrected chi connectivity index (χ0v) is 18.6. The molecule has 9 nitrogen and oxygen atoms in total. The molecule has 0 bridgehead atoms. The van der Waals surface area contributed by atoms with Crippen LogP contribution in [0, 0.1) is 13.8 Å². The van der Waals surface area contributed by atoms with Crippen molar-refractivity contribution >= 4 is 34.1 Å². The molecular weight excluding hydrogens is 428 g/mol. The highest BCUT2D eigenvalue weighted by molar-refractivity contribution is 7.14. The number of primary amides is 1. The number of hydrogen-bond acceptors (Lipinski definition) is 6. The first-order valence-corrected chi connectivity index (χ1v) is 11.0. The average Bonchev–Trinajstić information content (AvgIpc) is 3.33. The molecule has 166 valence electrons. The van der Waals surface area contributed by atoms with Gasteiger partial charge in [0.1, 0.15) is 11.0 Å². The minimum atomic E-state index is -0.647. The largest absolute Gasteiger partial charge is 0.366 e. The van der Waals surface area contributed by atoms with E-state index < -0.39 is 11.9 Å². The van der Waals surface area contributed by atoms with Crippen LogP contribution < -0.4 is 16.4 Å². The third kappa shape index (κ3) is 4.14. The number of rotatable bonds is 6. The smallest absolute Gasteiger partial charge is 0.251 e. The molecule has 4 rings (SSSR count). The van der Waals surface area contributed by atoms with Crippen molar-refractivity contribution in [3.05, 3.63) is 64.3 Å². The van der Waals surface area contributed by atoms with Crippen LogP contribution in [0.5, 0.6) is 0 Å². The Balaban J connectivity index is 1.60. The van der Waals surface area contributed by atoms with Gasteiger partial charge in [0.15, 0.2) is 0 Å². The summed E-state index contributed by atoms with van der Waals surface area (Å²) in [5, 5.41) is 12.4. The number of nitrogens with one attached hydrogen (secondary N) is 2. The van der Waals surface area contributed by atoms with Crippen LogP contribution in [0.3, 0.4) is 0 Å². The second-order valence-electron chi connectivity index (χ2n) is 7.57. The van der Waals surface area contributed by atoms with Gasteiger partial charge in [-0.1, -0.05) is 18.2 Å². The molecule has 1 aliphatic heterocycles. The van der Waals surface area contributed by atoms with Gasteiger partial charge in [0.25, 0.3) is 5.91 Å². The molecule has 0 aliphatic carbocycles.